The van der Waals surface area contributed by atoms with Gasteiger partial charge in [-0.1, -0.05) is 48.6 Å². The predicted molar refractivity (Wildman–Crippen MR) is 102 cm³/mol. The summed E-state index contributed by atoms with van der Waals surface area (Å²) in [6.45, 7) is 2.00. The molecule has 0 amide bonds. The van der Waals surface area contributed by atoms with Gasteiger partial charge < -0.3 is 14.8 Å². The lowest BCUT2D eigenvalue weighted by molar-refractivity contribution is 0.0933. The highest BCUT2D eigenvalue weighted by Gasteiger charge is 2.44. The number of allylic oxidation sites excluding steroid dienone is 2. The van der Waals surface area contributed by atoms with Crippen LogP contribution in [0.5, 0.6) is 5.75 Å². The maximum absolute atomic E-state index is 12.8. The van der Waals surface area contributed by atoms with Crippen LogP contribution in [0.1, 0.15) is 24.8 Å². The van der Waals surface area contributed by atoms with Crippen molar-refractivity contribution in [3.8, 4) is 16.9 Å². The number of aliphatic hydroxyl groups excluding tert-OH is 1. The molecule has 134 valence electrons. The molecule has 4 unspecified atom stereocenters. The Kier molecular flexibility index (Phi) is 4.51. The van der Waals surface area contributed by atoms with Crippen LogP contribution in [0.3, 0.4) is 0 Å². The smallest absolute Gasteiger partial charge is 0.255 e. The van der Waals surface area contributed by atoms with Gasteiger partial charge in [-0.25, -0.2) is 0 Å². The van der Waals surface area contributed by atoms with Crippen molar-refractivity contribution in [2.75, 3.05) is 6.61 Å². The van der Waals surface area contributed by atoms with Gasteiger partial charge in [-0.05, 0) is 25.0 Å². The Balaban J connectivity index is 1.95. The minimum Gasteiger partial charge on any atom is -0.485 e. The zero-order chi connectivity index (χ0) is 18.1. The molecule has 2 N–H and O–H groups in total. The van der Waals surface area contributed by atoms with Crippen molar-refractivity contribution >= 4 is 0 Å². The molecule has 0 bridgehead atoms. The van der Waals surface area contributed by atoms with Crippen LogP contribution >= 0.6 is 0 Å². The Bertz CT molecular complexity index is 897. The van der Waals surface area contributed by atoms with Gasteiger partial charge >= 0.3 is 0 Å². The second-order valence-corrected chi connectivity index (χ2v) is 6.95. The van der Waals surface area contributed by atoms with Gasteiger partial charge in [-0.3, -0.25) is 4.79 Å². The fourth-order valence-electron chi connectivity index (χ4n) is 4.32. The summed E-state index contributed by atoms with van der Waals surface area (Å²) in [6, 6.07) is 9.94. The molecule has 0 spiro atoms. The van der Waals surface area contributed by atoms with Crippen molar-refractivity contribution in [1.82, 2.24) is 4.98 Å². The zero-order valence-electron chi connectivity index (χ0n) is 14.8. The number of aliphatic hydroxyl groups is 1. The number of hydrogen-bond acceptors (Lipinski definition) is 3. The summed E-state index contributed by atoms with van der Waals surface area (Å²) < 4.78 is 6.38. The normalized spacial score (nSPS) is 27.0. The Hall–Kier alpha value is -2.59. The van der Waals surface area contributed by atoms with Gasteiger partial charge in [0.05, 0.1) is 5.56 Å². The molecule has 2 aliphatic rings. The van der Waals surface area contributed by atoms with E-state index in [0.29, 0.717) is 11.3 Å². The number of hydrogen-bond donors (Lipinski definition) is 2. The molecule has 2 heterocycles. The summed E-state index contributed by atoms with van der Waals surface area (Å²) in [5.41, 5.74) is 2.44. The van der Waals surface area contributed by atoms with E-state index in [2.05, 4.69) is 17.1 Å². The van der Waals surface area contributed by atoms with E-state index >= 15 is 0 Å². The van der Waals surface area contributed by atoms with Crippen molar-refractivity contribution in [3.63, 3.8) is 0 Å². The molecular weight excluding hydrogens is 326 g/mol. The Morgan fingerprint density at radius 1 is 1.31 bits per heavy atom. The van der Waals surface area contributed by atoms with E-state index < -0.39 is 0 Å². The minimum absolute atomic E-state index is 0.0225. The van der Waals surface area contributed by atoms with E-state index in [1.807, 2.05) is 49.4 Å². The van der Waals surface area contributed by atoms with Gasteiger partial charge in [0.25, 0.3) is 5.56 Å². The van der Waals surface area contributed by atoms with E-state index in [0.717, 1.165) is 17.5 Å². The molecule has 1 aromatic heterocycles. The quantitative estimate of drug-likeness (QED) is 0.832. The summed E-state index contributed by atoms with van der Waals surface area (Å²) in [5.74, 6) is 0.671. The Labute approximate surface area is 152 Å². The van der Waals surface area contributed by atoms with Crippen LogP contribution in [0, 0.1) is 11.8 Å². The number of aromatic nitrogens is 1. The van der Waals surface area contributed by atoms with Gasteiger partial charge in [0, 0.05) is 36.1 Å². The Morgan fingerprint density at radius 3 is 2.85 bits per heavy atom. The molecule has 0 radical (unpaired) electrons. The highest BCUT2D eigenvalue weighted by Crippen LogP contribution is 2.49. The first-order chi connectivity index (χ1) is 12.7. The maximum atomic E-state index is 12.8. The summed E-state index contributed by atoms with van der Waals surface area (Å²) in [7, 11) is 0. The van der Waals surface area contributed by atoms with Gasteiger partial charge in [-0.2, -0.15) is 0 Å². The SMILES string of the molecule is C/C=C/C1Oc2c(-c3ccccc3)c[nH]c(=O)c2C2C(CO)C=CCC12. The predicted octanol–water partition coefficient (Wildman–Crippen LogP) is 3.65. The van der Waals surface area contributed by atoms with Crippen molar-refractivity contribution < 1.29 is 9.84 Å². The number of ether oxygens (including phenoxy) is 1. The average Bonchev–Trinajstić information content (AvgIpc) is 2.68. The van der Waals surface area contributed by atoms with Crippen LogP contribution in [-0.4, -0.2) is 22.8 Å². The Morgan fingerprint density at radius 2 is 2.12 bits per heavy atom. The topological polar surface area (TPSA) is 62.3 Å². The standard InChI is InChI=1S/C22H23NO3/c1-2-7-18-16-11-6-10-15(13-24)19(16)20-21(26-18)17(12-23-22(20)25)14-8-4-3-5-9-14/h2-10,12,15-16,18-19,24H,11,13H2,1H3,(H,23,25)/b7-2+. The summed E-state index contributed by atoms with van der Waals surface area (Å²) >= 11 is 0. The van der Waals surface area contributed by atoms with Crippen LogP contribution in [0.4, 0.5) is 0 Å². The molecule has 26 heavy (non-hydrogen) atoms. The van der Waals surface area contributed by atoms with Gasteiger partial charge in [0.2, 0.25) is 0 Å². The lowest BCUT2D eigenvalue weighted by Gasteiger charge is -2.42. The molecule has 1 aliphatic carbocycles. The lowest BCUT2D eigenvalue weighted by Crippen LogP contribution is -2.42. The van der Waals surface area contributed by atoms with Crippen molar-refractivity contribution in [3.05, 3.63) is 76.8 Å². The molecule has 0 saturated heterocycles. The van der Waals surface area contributed by atoms with Crippen molar-refractivity contribution in [2.45, 2.75) is 25.4 Å². The van der Waals surface area contributed by atoms with Crippen LogP contribution in [-0.2, 0) is 0 Å². The molecular formula is C22H23NO3. The first-order valence-corrected chi connectivity index (χ1v) is 9.12. The fourth-order valence-corrected chi connectivity index (χ4v) is 4.32. The zero-order valence-corrected chi connectivity index (χ0v) is 14.8. The first kappa shape index (κ1) is 16.9. The third-order valence-corrected chi connectivity index (χ3v) is 5.48. The molecule has 1 aromatic carbocycles. The summed E-state index contributed by atoms with van der Waals surface area (Å²) in [4.78, 5) is 15.7. The van der Waals surface area contributed by atoms with E-state index in [9.17, 15) is 9.90 Å². The van der Waals surface area contributed by atoms with Crippen LogP contribution in [0.15, 0.2) is 65.6 Å². The third-order valence-electron chi connectivity index (χ3n) is 5.48. The van der Waals surface area contributed by atoms with E-state index in [4.69, 9.17) is 4.74 Å². The molecule has 4 nitrogen and oxygen atoms in total. The number of fused-ring (bicyclic) bond motifs is 3. The number of benzene rings is 1. The molecule has 0 saturated carbocycles. The number of rotatable bonds is 3. The third kappa shape index (κ3) is 2.71. The minimum atomic E-state index is -0.123. The lowest BCUT2D eigenvalue weighted by atomic mass is 9.68. The van der Waals surface area contributed by atoms with Crippen LogP contribution in [0.2, 0.25) is 0 Å². The number of pyridine rings is 1. The molecule has 2 aromatic rings. The number of H-pyrrole nitrogens is 1. The average molecular weight is 349 g/mol. The number of aromatic amines is 1. The van der Waals surface area contributed by atoms with Crippen molar-refractivity contribution in [2.24, 2.45) is 11.8 Å². The number of nitrogens with one attached hydrogen (secondary N) is 1. The molecule has 0 fully saturated rings. The second-order valence-electron chi connectivity index (χ2n) is 6.95. The van der Waals surface area contributed by atoms with Gasteiger partial charge in [0.1, 0.15) is 11.9 Å². The van der Waals surface area contributed by atoms with Gasteiger partial charge in [-0.15, -0.1) is 0 Å². The van der Waals surface area contributed by atoms with Crippen LogP contribution < -0.4 is 10.3 Å². The van der Waals surface area contributed by atoms with E-state index in [-0.39, 0.29) is 36.0 Å². The van der Waals surface area contributed by atoms with Crippen LogP contribution in [0.25, 0.3) is 11.1 Å². The van der Waals surface area contributed by atoms with E-state index in [1.54, 1.807) is 6.20 Å². The van der Waals surface area contributed by atoms with Gasteiger partial charge in [0.15, 0.2) is 0 Å². The molecule has 1 aliphatic heterocycles. The molecule has 4 heteroatoms. The monoisotopic (exact) mass is 349 g/mol. The largest absolute Gasteiger partial charge is 0.485 e. The fraction of sp³-hybridized carbons (Fsp3) is 0.318. The first-order valence-electron chi connectivity index (χ1n) is 9.12. The summed E-state index contributed by atoms with van der Waals surface area (Å²) in [6.07, 6.45) is 10.7. The maximum Gasteiger partial charge on any atom is 0.255 e. The van der Waals surface area contributed by atoms with Crippen molar-refractivity contribution in [1.29, 1.82) is 0 Å². The highest BCUT2D eigenvalue weighted by molar-refractivity contribution is 5.72. The highest BCUT2D eigenvalue weighted by atomic mass is 16.5. The molecule has 4 atom stereocenters. The molecule has 4 rings (SSSR count). The summed E-state index contributed by atoms with van der Waals surface area (Å²) in [5, 5.41) is 9.93. The second kappa shape index (κ2) is 6.96. The van der Waals surface area contributed by atoms with E-state index in [1.165, 1.54) is 0 Å².